The number of piperidine rings is 1. The summed E-state index contributed by atoms with van der Waals surface area (Å²) < 4.78 is 0. The molecule has 1 heterocycles. The van der Waals surface area contributed by atoms with Gasteiger partial charge < -0.3 is 20.6 Å². The summed E-state index contributed by atoms with van der Waals surface area (Å²) in [5, 5.41) is 15.6. The zero-order valence-electron chi connectivity index (χ0n) is 14.7. The molecule has 0 aliphatic carbocycles. The maximum atomic E-state index is 12.3. The van der Waals surface area contributed by atoms with Gasteiger partial charge in [0.15, 0.2) is 0 Å². The topological polar surface area (TPSA) is 64.6 Å². The molecule has 132 valence electrons. The fraction of sp³-hybridized carbons (Fsp3) is 0.350. The summed E-state index contributed by atoms with van der Waals surface area (Å²) in [4.78, 5) is 14.5. The molecule has 0 saturated carbocycles. The van der Waals surface area contributed by atoms with Crippen LogP contribution in [0.4, 0.5) is 16.2 Å². The number of aromatic hydroxyl groups is 1. The summed E-state index contributed by atoms with van der Waals surface area (Å²) >= 11 is 0. The van der Waals surface area contributed by atoms with Crippen molar-refractivity contribution in [3.63, 3.8) is 0 Å². The molecule has 1 aliphatic heterocycles. The van der Waals surface area contributed by atoms with Crippen LogP contribution in [0.5, 0.6) is 5.75 Å². The molecular formula is C20H25N3O2. The number of urea groups is 1. The molecule has 0 atom stereocenters. The van der Waals surface area contributed by atoms with Crippen molar-refractivity contribution in [1.82, 2.24) is 5.32 Å². The molecule has 2 aromatic rings. The van der Waals surface area contributed by atoms with Crippen LogP contribution < -0.4 is 15.5 Å². The van der Waals surface area contributed by atoms with Gasteiger partial charge in [0.2, 0.25) is 0 Å². The van der Waals surface area contributed by atoms with Gasteiger partial charge in [0.25, 0.3) is 0 Å². The van der Waals surface area contributed by atoms with Gasteiger partial charge in [-0.05, 0) is 56.0 Å². The molecule has 3 N–H and O–H groups in total. The number of carbonyl (C=O) groups is 1. The van der Waals surface area contributed by atoms with E-state index in [-0.39, 0.29) is 17.8 Å². The van der Waals surface area contributed by atoms with Crippen molar-refractivity contribution in [2.45, 2.75) is 32.7 Å². The maximum Gasteiger partial charge on any atom is 0.319 e. The van der Waals surface area contributed by atoms with Gasteiger partial charge in [-0.15, -0.1) is 0 Å². The monoisotopic (exact) mass is 339 g/mol. The number of nitrogens with zero attached hydrogens (tertiary/aromatic N) is 1. The van der Waals surface area contributed by atoms with E-state index in [9.17, 15) is 9.90 Å². The first-order chi connectivity index (χ1) is 12.0. The number of aryl methyl sites for hydroxylation is 2. The van der Waals surface area contributed by atoms with E-state index < -0.39 is 0 Å². The first kappa shape index (κ1) is 17.1. The minimum absolute atomic E-state index is 0.149. The van der Waals surface area contributed by atoms with Gasteiger partial charge in [-0.1, -0.05) is 18.2 Å². The second-order valence-electron chi connectivity index (χ2n) is 6.70. The number of phenolic OH excluding ortho intramolecular Hbond substituents is 1. The molecule has 0 unspecified atom stereocenters. The Morgan fingerprint density at radius 1 is 1.12 bits per heavy atom. The molecule has 5 nitrogen and oxygen atoms in total. The predicted octanol–water partition coefficient (Wildman–Crippen LogP) is 3.80. The summed E-state index contributed by atoms with van der Waals surface area (Å²) in [6.07, 6.45) is 1.77. The lowest BCUT2D eigenvalue weighted by molar-refractivity contribution is 0.246. The Morgan fingerprint density at radius 2 is 1.88 bits per heavy atom. The molecule has 2 aromatic carbocycles. The zero-order valence-corrected chi connectivity index (χ0v) is 14.7. The lowest BCUT2D eigenvalue weighted by Gasteiger charge is -2.34. The highest BCUT2D eigenvalue weighted by molar-refractivity contribution is 5.90. The molecule has 0 radical (unpaired) electrons. The van der Waals surface area contributed by atoms with E-state index in [1.165, 1.54) is 0 Å². The Bertz CT molecular complexity index is 752. The van der Waals surface area contributed by atoms with E-state index >= 15 is 0 Å². The summed E-state index contributed by atoms with van der Waals surface area (Å²) in [6.45, 7) is 5.72. The summed E-state index contributed by atoms with van der Waals surface area (Å²) in [5.74, 6) is 0.283. The second kappa shape index (κ2) is 7.47. The van der Waals surface area contributed by atoms with E-state index in [4.69, 9.17) is 0 Å². The minimum atomic E-state index is -0.149. The van der Waals surface area contributed by atoms with E-state index in [1.807, 2.05) is 44.2 Å². The molecule has 1 fully saturated rings. The highest BCUT2D eigenvalue weighted by Gasteiger charge is 2.21. The van der Waals surface area contributed by atoms with Crippen molar-refractivity contribution in [2.24, 2.45) is 0 Å². The van der Waals surface area contributed by atoms with Crippen molar-refractivity contribution in [3.8, 4) is 5.75 Å². The van der Waals surface area contributed by atoms with Crippen molar-refractivity contribution in [3.05, 3.63) is 53.6 Å². The summed E-state index contributed by atoms with van der Waals surface area (Å²) in [7, 11) is 0. The van der Waals surface area contributed by atoms with Crippen LogP contribution in [0, 0.1) is 13.8 Å². The lowest BCUT2D eigenvalue weighted by Crippen LogP contribution is -2.46. The third kappa shape index (κ3) is 4.44. The third-order valence-electron chi connectivity index (χ3n) is 4.67. The van der Waals surface area contributed by atoms with Crippen LogP contribution in [0.2, 0.25) is 0 Å². The maximum absolute atomic E-state index is 12.3. The van der Waals surface area contributed by atoms with E-state index in [0.717, 1.165) is 48.4 Å². The molecule has 5 heteroatoms. The Morgan fingerprint density at radius 3 is 2.60 bits per heavy atom. The first-order valence-corrected chi connectivity index (χ1v) is 8.70. The van der Waals surface area contributed by atoms with Gasteiger partial charge in [0.05, 0.1) is 0 Å². The number of nitrogens with one attached hydrogen (secondary N) is 2. The fourth-order valence-electron chi connectivity index (χ4n) is 3.19. The van der Waals surface area contributed by atoms with Crippen molar-refractivity contribution >= 4 is 17.4 Å². The molecule has 0 aromatic heterocycles. The standard InChI is InChI=1S/C20H25N3O2/c1-14-6-7-15(2)19(12-14)22-20(25)21-16-8-10-23(11-9-16)17-4-3-5-18(24)13-17/h3-7,12-13,16,24H,8-11H2,1-2H3,(H2,21,22,25). The molecule has 0 bridgehead atoms. The SMILES string of the molecule is Cc1ccc(C)c(NC(=O)NC2CCN(c3cccc(O)c3)CC2)c1. The van der Waals surface area contributed by atoms with Crippen LogP contribution in [0.1, 0.15) is 24.0 Å². The van der Waals surface area contributed by atoms with Gasteiger partial charge >= 0.3 is 6.03 Å². The molecule has 3 rings (SSSR count). The van der Waals surface area contributed by atoms with E-state index in [0.29, 0.717) is 0 Å². The number of phenols is 1. The highest BCUT2D eigenvalue weighted by atomic mass is 16.3. The van der Waals surface area contributed by atoms with Crippen molar-refractivity contribution < 1.29 is 9.90 Å². The minimum Gasteiger partial charge on any atom is -0.508 e. The number of benzene rings is 2. The van der Waals surface area contributed by atoms with Crippen LogP contribution >= 0.6 is 0 Å². The van der Waals surface area contributed by atoms with Gasteiger partial charge in [-0.2, -0.15) is 0 Å². The van der Waals surface area contributed by atoms with Gasteiger partial charge in [-0.25, -0.2) is 4.79 Å². The smallest absolute Gasteiger partial charge is 0.319 e. The first-order valence-electron chi connectivity index (χ1n) is 8.70. The molecule has 1 aliphatic rings. The van der Waals surface area contributed by atoms with Gasteiger partial charge in [0.1, 0.15) is 5.75 Å². The van der Waals surface area contributed by atoms with Crippen LogP contribution in [0.3, 0.4) is 0 Å². The van der Waals surface area contributed by atoms with Crippen LogP contribution in [-0.2, 0) is 0 Å². The van der Waals surface area contributed by atoms with Crippen molar-refractivity contribution in [1.29, 1.82) is 0 Å². The summed E-state index contributed by atoms with van der Waals surface area (Å²) in [6, 6.07) is 13.4. The normalized spacial score (nSPS) is 15.0. The number of carbonyl (C=O) groups excluding carboxylic acids is 1. The largest absolute Gasteiger partial charge is 0.508 e. The van der Waals surface area contributed by atoms with Crippen LogP contribution in [0.25, 0.3) is 0 Å². The fourth-order valence-corrected chi connectivity index (χ4v) is 3.19. The van der Waals surface area contributed by atoms with Gasteiger partial charge in [-0.3, -0.25) is 0 Å². The number of hydrogen-bond donors (Lipinski definition) is 3. The second-order valence-corrected chi connectivity index (χ2v) is 6.70. The Kier molecular flexibility index (Phi) is 5.12. The molecule has 0 spiro atoms. The lowest BCUT2D eigenvalue weighted by atomic mass is 10.0. The van der Waals surface area contributed by atoms with Crippen molar-refractivity contribution in [2.75, 3.05) is 23.3 Å². The quantitative estimate of drug-likeness (QED) is 0.797. The van der Waals surface area contributed by atoms with E-state index in [1.54, 1.807) is 12.1 Å². The van der Waals surface area contributed by atoms with Crippen LogP contribution in [-0.4, -0.2) is 30.3 Å². The number of anilines is 2. The number of amides is 2. The summed E-state index contributed by atoms with van der Waals surface area (Å²) in [5.41, 5.74) is 4.06. The molecule has 2 amide bonds. The third-order valence-corrected chi connectivity index (χ3v) is 4.67. The Balaban J connectivity index is 1.52. The van der Waals surface area contributed by atoms with Gasteiger partial charge in [0, 0.05) is 36.6 Å². The number of rotatable bonds is 3. The van der Waals surface area contributed by atoms with E-state index in [2.05, 4.69) is 15.5 Å². The number of hydrogen-bond acceptors (Lipinski definition) is 3. The predicted molar refractivity (Wildman–Crippen MR) is 101 cm³/mol. The average Bonchev–Trinajstić information content (AvgIpc) is 2.59. The Labute approximate surface area is 148 Å². The average molecular weight is 339 g/mol. The van der Waals surface area contributed by atoms with Crippen LogP contribution in [0.15, 0.2) is 42.5 Å². The molecular weight excluding hydrogens is 314 g/mol. The highest BCUT2D eigenvalue weighted by Crippen LogP contribution is 2.23. The molecule has 25 heavy (non-hydrogen) atoms. The molecule has 1 saturated heterocycles. The Hall–Kier alpha value is -2.69. The zero-order chi connectivity index (χ0) is 17.8.